The molecule has 3 aromatic rings. The summed E-state index contributed by atoms with van der Waals surface area (Å²) in [6.07, 6.45) is 2.92. The van der Waals surface area contributed by atoms with Crippen LogP contribution in [0.2, 0.25) is 0 Å². The average molecular weight is 357 g/mol. The first-order chi connectivity index (χ1) is 13.0. The molecule has 0 amide bonds. The molecule has 0 aromatic heterocycles. The van der Waals surface area contributed by atoms with E-state index in [0.717, 1.165) is 29.1 Å². The topological polar surface area (TPSA) is 12.5 Å². The monoisotopic (exact) mass is 357 g/mol. The van der Waals surface area contributed by atoms with Crippen molar-refractivity contribution in [2.45, 2.75) is 20.3 Å². The Kier molecular flexibility index (Phi) is 5.36. The number of hydrogen-bond donors (Lipinski definition) is 0. The van der Waals surface area contributed by atoms with Crippen LogP contribution in [-0.2, 0) is 6.42 Å². The van der Waals surface area contributed by atoms with Crippen LogP contribution in [0.1, 0.15) is 29.2 Å². The number of para-hydroxylation sites is 2. The molecule has 0 unspecified atom stereocenters. The number of anilines is 1. The summed E-state index contributed by atoms with van der Waals surface area (Å²) in [7, 11) is 3.73. The van der Waals surface area contributed by atoms with E-state index >= 15 is 0 Å². The molecule has 0 saturated heterocycles. The average Bonchev–Trinajstić information content (AvgIpc) is 2.72. The minimum Gasteiger partial charge on any atom is -0.495 e. The van der Waals surface area contributed by atoms with Gasteiger partial charge >= 0.3 is 0 Å². The second-order valence-electron chi connectivity index (χ2n) is 6.73. The maximum atomic E-state index is 5.54. The summed E-state index contributed by atoms with van der Waals surface area (Å²) in [6.45, 7) is 12.8. The van der Waals surface area contributed by atoms with Gasteiger partial charge in [0, 0.05) is 18.3 Å². The number of hydrogen-bond acceptors (Lipinski definition) is 2. The van der Waals surface area contributed by atoms with E-state index in [0.29, 0.717) is 0 Å². The van der Waals surface area contributed by atoms with Gasteiger partial charge in [-0.2, -0.15) is 0 Å². The van der Waals surface area contributed by atoms with Crippen molar-refractivity contribution in [3.05, 3.63) is 83.9 Å². The summed E-state index contributed by atoms with van der Waals surface area (Å²) in [5.41, 5.74) is 6.82. The highest BCUT2D eigenvalue weighted by atomic mass is 16.5. The fraction of sp³-hybridized carbons (Fsp3) is 0.200. The van der Waals surface area contributed by atoms with E-state index in [1.165, 1.54) is 27.5 Å². The van der Waals surface area contributed by atoms with Gasteiger partial charge in [-0.1, -0.05) is 62.6 Å². The van der Waals surface area contributed by atoms with E-state index in [1.807, 2.05) is 31.3 Å². The van der Waals surface area contributed by atoms with Gasteiger partial charge in [0.25, 0.3) is 0 Å². The van der Waals surface area contributed by atoms with Crippen LogP contribution in [0.4, 0.5) is 5.69 Å². The second-order valence-corrected chi connectivity index (χ2v) is 6.73. The van der Waals surface area contributed by atoms with Crippen LogP contribution in [0.3, 0.4) is 0 Å². The van der Waals surface area contributed by atoms with Crippen molar-refractivity contribution >= 4 is 28.2 Å². The Labute approximate surface area is 162 Å². The maximum absolute atomic E-state index is 5.54. The van der Waals surface area contributed by atoms with E-state index < -0.39 is 0 Å². The zero-order chi connectivity index (χ0) is 19.6. The highest BCUT2D eigenvalue weighted by Crippen LogP contribution is 2.37. The van der Waals surface area contributed by atoms with E-state index in [9.17, 15) is 0 Å². The van der Waals surface area contributed by atoms with Crippen LogP contribution < -0.4 is 9.64 Å². The zero-order valence-electron chi connectivity index (χ0n) is 16.7. The van der Waals surface area contributed by atoms with Gasteiger partial charge in [0.2, 0.25) is 0 Å². The van der Waals surface area contributed by atoms with Crippen molar-refractivity contribution in [3.8, 4) is 5.75 Å². The highest BCUT2D eigenvalue weighted by molar-refractivity contribution is 6.03. The van der Waals surface area contributed by atoms with Gasteiger partial charge in [-0.25, -0.2) is 0 Å². The summed E-state index contributed by atoms with van der Waals surface area (Å²) >= 11 is 0. The summed E-state index contributed by atoms with van der Waals surface area (Å²) < 4.78 is 5.54. The van der Waals surface area contributed by atoms with Crippen molar-refractivity contribution in [2.75, 3.05) is 19.1 Å². The van der Waals surface area contributed by atoms with E-state index in [-0.39, 0.29) is 0 Å². The van der Waals surface area contributed by atoms with Gasteiger partial charge in [-0.3, -0.25) is 0 Å². The van der Waals surface area contributed by atoms with Crippen molar-refractivity contribution in [1.29, 1.82) is 0 Å². The van der Waals surface area contributed by atoms with Crippen molar-refractivity contribution in [1.82, 2.24) is 0 Å². The second kappa shape index (κ2) is 7.71. The van der Waals surface area contributed by atoms with Gasteiger partial charge in [0.15, 0.2) is 0 Å². The molecule has 0 aliphatic rings. The Bertz CT molecular complexity index is 1020. The molecular formula is C25H27NO. The fourth-order valence-corrected chi connectivity index (χ4v) is 3.70. The van der Waals surface area contributed by atoms with Crippen molar-refractivity contribution in [2.24, 2.45) is 0 Å². The number of nitrogens with zero attached hydrogens (tertiary/aromatic N) is 1. The Morgan fingerprint density at radius 3 is 2.48 bits per heavy atom. The molecule has 0 bridgehead atoms. The van der Waals surface area contributed by atoms with Crippen LogP contribution in [0.15, 0.2) is 61.7 Å². The SMILES string of the molecule is C=Cc1ccc(C)c2c(C(=C)N(C)c3ccccc3OC)ccc(CC)c12. The van der Waals surface area contributed by atoms with Gasteiger partial charge in [-0.05, 0) is 52.9 Å². The third-order valence-electron chi connectivity index (χ3n) is 5.25. The Hall–Kier alpha value is -3.00. The first-order valence-corrected chi connectivity index (χ1v) is 9.27. The van der Waals surface area contributed by atoms with Crippen LogP contribution in [-0.4, -0.2) is 14.2 Å². The summed E-state index contributed by atoms with van der Waals surface area (Å²) in [5.74, 6) is 0.833. The molecule has 0 atom stereocenters. The van der Waals surface area contributed by atoms with E-state index in [2.05, 4.69) is 62.2 Å². The zero-order valence-corrected chi connectivity index (χ0v) is 16.7. The third-order valence-corrected chi connectivity index (χ3v) is 5.25. The largest absolute Gasteiger partial charge is 0.495 e. The molecule has 0 N–H and O–H groups in total. The van der Waals surface area contributed by atoms with Crippen LogP contribution in [0.25, 0.3) is 22.5 Å². The van der Waals surface area contributed by atoms with Crippen molar-refractivity contribution < 1.29 is 4.74 Å². The number of rotatable bonds is 6. The molecule has 27 heavy (non-hydrogen) atoms. The van der Waals surface area contributed by atoms with Gasteiger partial charge < -0.3 is 9.64 Å². The lowest BCUT2D eigenvalue weighted by molar-refractivity contribution is 0.416. The summed E-state index contributed by atoms with van der Waals surface area (Å²) in [6, 6.07) is 16.7. The summed E-state index contributed by atoms with van der Waals surface area (Å²) in [5, 5.41) is 2.53. The number of benzene rings is 3. The predicted molar refractivity (Wildman–Crippen MR) is 119 cm³/mol. The first kappa shape index (κ1) is 18.8. The molecule has 2 nitrogen and oxygen atoms in total. The number of ether oxygens (including phenoxy) is 1. The molecule has 0 heterocycles. The Morgan fingerprint density at radius 2 is 1.81 bits per heavy atom. The maximum Gasteiger partial charge on any atom is 0.142 e. The van der Waals surface area contributed by atoms with Gasteiger partial charge in [-0.15, -0.1) is 0 Å². The minimum absolute atomic E-state index is 0.833. The fourth-order valence-electron chi connectivity index (χ4n) is 3.70. The normalized spacial score (nSPS) is 10.7. The highest BCUT2D eigenvalue weighted by Gasteiger charge is 2.17. The lowest BCUT2D eigenvalue weighted by Gasteiger charge is -2.26. The molecule has 0 radical (unpaired) electrons. The summed E-state index contributed by atoms with van der Waals surface area (Å²) in [4.78, 5) is 2.10. The quantitative estimate of drug-likeness (QED) is 0.501. The molecule has 0 aliphatic heterocycles. The smallest absolute Gasteiger partial charge is 0.142 e. The van der Waals surface area contributed by atoms with E-state index in [4.69, 9.17) is 4.74 Å². The molecule has 2 heteroatoms. The molecule has 3 rings (SSSR count). The minimum atomic E-state index is 0.833. The lowest BCUT2D eigenvalue weighted by atomic mass is 9.90. The first-order valence-electron chi connectivity index (χ1n) is 9.27. The van der Waals surface area contributed by atoms with Crippen molar-refractivity contribution in [3.63, 3.8) is 0 Å². The number of fused-ring (bicyclic) bond motifs is 1. The third kappa shape index (κ3) is 3.23. The van der Waals surface area contributed by atoms with Crippen LogP contribution in [0.5, 0.6) is 5.75 Å². The molecule has 3 aromatic carbocycles. The van der Waals surface area contributed by atoms with Crippen LogP contribution in [0, 0.1) is 6.92 Å². The molecular weight excluding hydrogens is 330 g/mol. The Balaban J connectivity index is 2.22. The van der Waals surface area contributed by atoms with Gasteiger partial charge in [0.1, 0.15) is 5.75 Å². The molecule has 138 valence electrons. The molecule has 0 fully saturated rings. The van der Waals surface area contributed by atoms with Gasteiger partial charge in [0.05, 0.1) is 12.8 Å². The standard InChI is InChI=1S/C25H27NO/c1-7-19-14-13-17(3)24-21(16-15-20(8-2)25(19)24)18(4)26(5)22-11-9-10-12-23(22)27-6/h7,9-16H,1,4,8H2,2-3,5-6H3. The predicted octanol–water partition coefficient (Wildman–Crippen LogP) is 6.47. The lowest BCUT2D eigenvalue weighted by Crippen LogP contribution is -2.16. The molecule has 0 aliphatic carbocycles. The number of methoxy groups -OCH3 is 1. The molecule has 0 spiro atoms. The van der Waals surface area contributed by atoms with Crippen LogP contribution >= 0.6 is 0 Å². The van der Waals surface area contributed by atoms with E-state index in [1.54, 1.807) is 7.11 Å². The molecule has 0 saturated carbocycles. The Morgan fingerprint density at radius 1 is 1.07 bits per heavy atom. The number of aryl methyl sites for hydroxylation is 2.